The summed E-state index contributed by atoms with van der Waals surface area (Å²) in [5, 5.41) is 3.08. The number of thiophene rings is 1. The number of amides is 1. The smallest absolute Gasteiger partial charge is 0.265 e. The number of thioether (sulfide) groups is 1. The lowest BCUT2D eigenvalue weighted by molar-refractivity contribution is 0.0943. The molecule has 1 saturated heterocycles. The molecule has 1 unspecified atom stereocenters. The highest BCUT2D eigenvalue weighted by molar-refractivity contribution is 8.01. The highest BCUT2D eigenvalue weighted by Gasteiger charge is 2.24. The number of rotatable bonds is 7. The topological polar surface area (TPSA) is 41.6 Å². The van der Waals surface area contributed by atoms with Crippen molar-refractivity contribution < 1.29 is 9.53 Å². The van der Waals surface area contributed by atoms with Crippen LogP contribution in [0.25, 0.3) is 0 Å². The fourth-order valence-corrected chi connectivity index (χ4v) is 4.80. The molecule has 0 aromatic carbocycles. The van der Waals surface area contributed by atoms with Crippen LogP contribution in [0.2, 0.25) is 0 Å². The third-order valence-corrected chi connectivity index (χ3v) is 6.00. The Labute approximate surface area is 135 Å². The molecule has 1 N–H and O–H groups in total. The summed E-state index contributed by atoms with van der Waals surface area (Å²) in [6.45, 7) is 7.22. The van der Waals surface area contributed by atoms with Gasteiger partial charge in [-0.25, -0.2) is 0 Å². The lowest BCUT2D eigenvalue weighted by Crippen LogP contribution is -2.39. The van der Waals surface area contributed by atoms with Gasteiger partial charge in [0.25, 0.3) is 5.91 Å². The zero-order valence-electron chi connectivity index (χ0n) is 13.0. The van der Waals surface area contributed by atoms with Crippen LogP contribution < -0.4 is 10.1 Å². The van der Waals surface area contributed by atoms with Gasteiger partial charge in [-0.05, 0) is 31.7 Å². The first kappa shape index (κ1) is 16.6. The molecular formula is C15H24N2O2S2. The maximum absolute atomic E-state index is 12.4. The van der Waals surface area contributed by atoms with Gasteiger partial charge in [-0.1, -0.05) is 13.8 Å². The number of methoxy groups -OCH3 is 1. The Balaban J connectivity index is 1.96. The van der Waals surface area contributed by atoms with Crippen LogP contribution in [0.4, 0.5) is 0 Å². The second-order valence-electron chi connectivity index (χ2n) is 5.03. The Morgan fingerprint density at radius 3 is 3.05 bits per heavy atom. The van der Waals surface area contributed by atoms with Gasteiger partial charge >= 0.3 is 0 Å². The van der Waals surface area contributed by atoms with Gasteiger partial charge in [0, 0.05) is 18.7 Å². The van der Waals surface area contributed by atoms with Gasteiger partial charge in [-0.2, -0.15) is 0 Å². The van der Waals surface area contributed by atoms with Crippen LogP contribution in [-0.4, -0.2) is 49.3 Å². The Kier molecular flexibility index (Phi) is 6.39. The Hall–Kier alpha value is -0.720. The minimum Gasteiger partial charge on any atom is -0.495 e. The summed E-state index contributed by atoms with van der Waals surface area (Å²) in [5.41, 5.74) is 0. The second kappa shape index (κ2) is 8.06. The molecule has 21 heavy (non-hydrogen) atoms. The number of ether oxygens (including phenoxy) is 1. The second-order valence-corrected chi connectivity index (χ2v) is 7.65. The van der Waals surface area contributed by atoms with E-state index in [2.05, 4.69) is 24.1 Å². The van der Waals surface area contributed by atoms with E-state index in [1.165, 1.54) is 24.2 Å². The van der Waals surface area contributed by atoms with Crippen molar-refractivity contribution in [2.24, 2.45) is 0 Å². The Morgan fingerprint density at radius 2 is 2.38 bits per heavy atom. The van der Waals surface area contributed by atoms with E-state index in [-0.39, 0.29) is 5.91 Å². The van der Waals surface area contributed by atoms with E-state index in [0.29, 0.717) is 16.7 Å². The molecule has 4 nitrogen and oxygen atoms in total. The molecule has 1 amide bonds. The molecule has 0 aliphatic carbocycles. The first-order valence-electron chi connectivity index (χ1n) is 7.52. The molecule has 6 heteroatoms. The predicted molar refractivity (Wildman–Crippen MR) is 89.9 cm³/mol. The van der Waals surface area contributed by atoms with Gasteiger partial charge in [0.15, 0.2) is 0 Å². The third-order valence-electron chi connectivity index (χ3n) is 3.79. The summed E-state index contributed by atoms with van der Waals surface area (Å²) in [7, 11) is 1.62. The molecule has 2 rings (SSSR count). The number of hydrogen-bond donors (Lipinski definition) is 1. The van der Waals surface area contributed by atoms with Crippen LogP contribution in [0.15, 0.2) is 10.3 Å². The summed E-state index contributed by atoms with van der Waals surface area (Å²) < 4.78 is 6.47. The SMILES string of the molecule is CCSc1cc(OC)c(C(=O)NCC2CCCN2CC)s1. The molecule has 0 bridgehead atoms. The number of likely N-dealkylation sites (N-methyl/N-ethyl adjacent to an activating group) is 1. The number of likely N-dealkylation sites (tertiary alicyclic amines) is 1. The van der Waals surface area contributed by atoms with Crippen LogP contribution in [0, 0.1) is 0 Å². The molecule has 0 spiro atoms. The summed E-state index contributed by atoms with van der Waals surface area (Å²) >= 11 is 3.26. The van der Waals surface area contributed by atoms with Gasteiger partial charge in [0.2, 0.25) is 0 Å². The molecule has 1 aromatic rings. The predicted octanol–water partition coefficient (Wildman–Crippen LogP) is 3.08. The average molecular weight is 329 g/mol. The number of carbonyl (C=O) groups excluding carboxylic acids is 1. The number of nitrogens with one attached hydrogen (secondary N) is 1. The van der Waals surface area contributed by atoms with Crippen LogP contribution in [0.1, 0.15) is 36.4 Å². The van der Waals surface area contributed by atoms with Crippen LogP contribution >= 0.6 is 23.1 Å². The summed E-state index contributed by atoms with van der Waals surface area (Å²) in [6.07, 6.45) is 2.40. The molecule has 1 aliphatic rings. The van der Waals surface area contributed by atoms with Crippen molar-refractivity contribution in [3.8, 4) is 5.75 Å². The van der Waals surface area contributed by atoms with Gasteiger partial charge in [0.1, 0.15) is 10.6 Å². The third kappa shape index (κ3) is 4.14. The monoisotopic (exact) mass is 328 g/mol. The van der Waals surface area contributed by atoms with Crippen LogP contribution in [0.5, 0.6) is 5.75 Å². The lowest BCUT2D eigenvalue weighted by atomic mass is 10.2. The van der Waals surface area contributed by atoms with E-state index >= 15 is 0 Å². The zero-order chi connectivity index (χ0) is 15.2. The molecule has 0 saturated carbocycles. The van der Waals surface area contributed by atoms with Crippen molar-refractivity contribution >= 4 is 29.0 Å². The minimum atomic E-state index is -0.0113. The normalized spacial score (nSPS) is 18.9. The van der Waals surface area contributed by atoms with E-state index in [1.807, 2.05) is 6.07 Å². The first-order valence-corrected chi connectivity index (χ1v) is 9.32. The van der Waals surface area contributed by atoms with E-state index in [9.17, 15) is 4.79 Å². The maximum Gasteiger partial charge on any atom is 0.265 e. The van der Waals surface area contributed by atoms with Crippen molar-refractivity contribution in [2.45, 2.75) is 36.9 Å². The van der Waals surface area contributed by atoms with Gasteiger partial charge in [0.05, 0.1) is 11.3 Å². The zero-order valence-corrected chi connectivity index (χ0v) is 14.6. The number of carbonyl (C=O) groups is 1. The highest BCUT2D eigenvalue weighted by Crippen LogP contribution is 2.35. The lowest BCUT2D eigenvalue weighted by Gasteiger charge is -2.22. The average Bonchev–Trinajstić information content (AvgIpc) is 3.11. The standard InChI is InChI=1S/C15H24N2O2S2/c1-4-17-8-6-7-11(17)10-16-15(18)14-12(19-3)9-13(21-14)20-5-2/h9,11H,4-8,10H2,1-3H3,(H,16,18). The Bertz CT molecular complexity index is 476. The molecule has 1 aromatic heterocycles. The summed E-state index contributed by atoms with van der Waals surface area (Å²) in [6, 6.07) is 2.44. The molecule has 118 valence electrons. The maximum atomic E-state index is 12.4. The highest BCUT2D eigenvalue weighted by atomic mass is 32.2. The van der Waals surface area contributed by atoms with Crippen molar-refractivity contribution in [3.05, 3.63) is 10.9 Å². The van der Waals surface area contributed by atoms with Gasteiger partial charge < -0.3 is 10.1 Å². The van der Waals surface area contributed by atoms with Crippen LogP contribution in [0.3, 0.4) is 0 Å². The molecule has 0 radical (unpaired) electrons. The van der Waals surface area contributed by atoms with Crippen molar-refractivity contribution in [1.82, 2.24) is 10.2 Å². The quantitative estimate of drug-likeness (QED) is 0.781. The van der Waals surface area contributed by atoms with E-state index in [0.717, 1.165) is 29.6 Å². The van der Waals surface area contributed by atoms with E-state index in [4.69, 9.17) is 4.74 Å². The molecular weight excluding hydrogens is 304 g/mol. The van der Waals surface area contributed by atoms with E-state index < -0.39 is 0 Å². The van der Waals surface area contributed by atoms with Crippen molar-refractivity contribution in [3.63, 3.8) is 0 Å². The fourth-order valence-electron chi connectivity index (χ4n) is 2.71. The van der Waals surface area contributed by atoms with Crippen molar-refractivity contribution in [1.29, 1.82) is 0 Å². The first-order chi connectivity index (χ1) is 10.2. The van der Waals surface area contributed by atoms with Crippen LogP contribution in [-0.2, 0) is 0 Å². The van der Waals surface area contributed by atoms with Gasteiger partial charge in [-0.15, -0.1) is 23.1 Å². The van der Waals surface area contributed by atoms with E-state index in [1.54, 1.807) is 18.9 Å². The minimum absolute atomic E-state index is 0.0113. The van der Waals surface area contributed by atoms with Crippen molar-refractivity contribution in [2.75, 3.05) is 32.5 Å². The molecule has 1 fully saturated rings. The summed E-state index contributed by atoms with van der Waals surface area (Å²) in [4.78, 5) is 15.5. The molecule has 2 heterocycles. The molecule has 1 aliphatic heterocycles. The summed E-state index contributed by atoms with van der Waals surface area (Å²) in [5.74, 6) is 1.67. The fraction of sp³-hybridized carbons (Fsp3) is 0.667. The Morgan fingerprint density at radius 1 is 1.57 bits per heavy atom. The number of hydrogen-bond acceptors (Lipinski definition) is 5. The number of nitrogens with zero attached hydrogens (tertiary/aromatic N) is 1. The largest absolute Gasteiger partial charge is 0.495 e. The van der Waals surface area contributed by atoms with Gasteiger partial charge in [-0.3, -0.25) is 9.69 Å². The molecule has 1 atom stereocenters.